The van der Waals surface area contributed by atoms with E-state index in [9.17, 15) is 0 Å². The molecule has 42 valence electrons. The van der Waals surface area contributed by atoms with Crippen LogP contribution in [0, 0.1) is 0 Å². The van der Waals surface area contributed by atoms with Crippen LogP contribution < -0.4 is 5.73 Å². The van der Waals surface area contributed by atoms with Crippen molar-refractivity contribution in [1.82, 2.24) is 0 Å². The number of halogens is 1. The minimum Gasteiger partial charge on any atom is -0.328 e. The molecule has 0 heterocycles. The summed E-state index contributed by atoms with van der Waals surface area (Å²) in [6.07, 6.45) is 3.25. The van der Waals surface area contributed by atoms with Gasteiger partial charge in [-0.1, -0.05) is 0 Å². The SMILES string of the molecule is N[C@@H]1CC[C@H](Cl)C1. The molecule has 0 unspecified atom stereocenters. The van der Waals surface area contributed by atoms with Crippen molar-refractivity contribution in [3.8, 4) is 0 Å². The third-order valence-electron chi connectivity index (χ3n) is 1.41. The molecule has 0 aromatic heterocycles. The Bertz CT molecular complexity index is 57.1. The Labute approximate surface area is 48.8 Å². The zero-order valence-corrected chi connectivity index (χ0v) is 4.99. The van der Waals surface area contributed by atoms with Gasteiger partial charge in [-0.15, -0.1) is 11.6 Å². The maximum absolute atomic E-state index is 5.73. The quantitative estimate of drug-likeness (QED) is 0.475. The van der Waals surface area contributed by atoms with Gasteiger partial charge in [0.2, 0.25) is 0 Å². The third kappa shape index (κ3) is 1.32. The van der Waals surface area contributed by atoms with Gasteiger partial charge in [-0.05, 0) is 19.3 Å². The van der Waals surface area contributed by atoms with Crippen LogP contribution in [0.1, 0.15) is 19.3 Å². The zero-order chi connectivity index (χ0) is 5.28. The molecule has 0 bridgehead atoms. The van der Waals surface area contributed by atoms with Crippen molar-refractivity contribution < 1.29 is 0 Å². The fourth-order valence-corrected chi connectivity index (χ4v) is 1.31. The van der Waals surface area contributed by atoms with E-state index in [0.717, 1.165) is 19.3 Å². The second kappa shape index (κ2) is 2.01. The highest BCUT2D eigenvalue weighted by Crippen LogP contribution is 2.21. The van der Waals surface area contributed by atoms with Crippen molar-refractivity contribution in [2.45, 2.75) is 30.7 Å². The number of alkyl halides is 1. The van der Waals surface area contributed by atoms with E-state index >= 15 is 0 Å². The molecule has 2 atom stereocenters. The van der Waals surface area contributed by atoms with E-state index in [1.54, 1.807) is 0 Å². The molecule has 1 rings (SSSR count). The number of nitrogens with two attached hydrogens (primary N) is 1. The smallest absolute Gasteiger partial charge is 0.0351 e. The molecule has 0 amide bonds. The summed E-state index contributed by atoms with van der Waals surface area (Å²) in [4.78, 5) is 0. The molecule has 0 saturated heterocycles. The lowest BCUT2D eigenvalue weighted by Gasteiger charge is -1.95. The molecule has 1 fully saturated rings. The van der Waals surface area contributed by atoms with Crippen LogP contribution >= 0.6 is 11.6 Å². The van der Waals surface area contributed by atoms with Gasteiger partial charge in [0.1, 0.15) is 0 Å². The van der Waals surface area contributed by atoms with E-state index in [-0.39, 0.29) is 0 Å². The summed E-state index contributed by atoms with van der Waals surface area (Å²) in [5.41, 5.74) is 5.54. The Morgan fingerprint density at radius 2 is 2.14 bits per heavy atom. The fourth-order valence-electron chi connectivity index (χ4n) is 0.959. The van der Waals surface area contributed by atoms with Gasteiger partial charge in [-0.25, -0.2) is 0 Å². The highest BCUT2D eigenvalue weighted by atomic mass is 35.5. The lowest BCUT2D eigenvalue weighted by molar-refractivity contribution is 0.705. The van der Waals surface area contributed by atoms with Crippen LogP contribution in [0.2, 0.25) is 0 Å². The average molecular weight is 120 g/mol. The summed E-state index contributed by atoms with van der Waals surface area (Å²) in [5.74, 6) is 0. The molecule has 2 heteroatoms. The molecule has 0 aromatic carbocycles. The van der Waals surface area contributed by atoms with Gasteiger partial charge in [0.05, 0.1) is 0 Å². The number of hydrogen-bond donors (Lipinski definition) is 1. The van der Waals surface area contributed by atoms with E-state index in [4.69, 9.17) is 17.3 Å². The van der Waals surface area contributed by atoms with Crippen molar-refractivity contribution >= 4 is 11.6 Å². The first-order valence-corrected chi connectivity index (χ1v) is 3.12. The minimum absolute atomic E-state index is 0.370. The second-order valence-corrected chi connectivity index (χ2v) is 2.79. The molecule has 1 aliphatic carbocycles. The molecular formula is C5H10ClN. The minimum atomic E-state index is 0.370. The van der Waals surface area contributed by atoms with Crippen LogP contribution in [0.4, 0.5) is 0 Å². The Hall–Kier alpha value is 0.250. The summed E-state index contributed by atoms with van der Waals surface area (Å²) in [7, 11) is 0. The van der Waals surface area contributed by atoms with Gasteiger partial charge in [0, 0.05) is 11.4 Å². The van der Waals surface area contributed by atoms with Crippen molar-refractivity contribution in [3.05, 3.63) is 0 Å². The van der Waals surface area contributed by atoms with Crippen LogP contribution in [0.5, 0.6) is 0 Å². The van der Waals surface area contributed by atoms with E-state index in [0.29, 0.717) is 11.4 Å². The van der Waals surface area contributed by atoms with Gasteiger partial charge < -0.3 is 5.73 Å². The first-order chi connectivity index (χ1) is 3.29. The third-order valence-corrected chi connectivity index (χ3v) is 1.81. The first kappa shape index (κ1) is 5.39. The highest BCUT2D eigenvalue weighted by Gasteiger charge is 2.18. The summed E-state index contributed by atoms with van der Waals surface area (Å²) >= 11 is 5.73. The highest BCUT2D eigenvalue weighted by molar-refractivity contribution is 6.20. The van der Waals surface area contributed by atoms with Crippen LogP contribution in [-0.4, -0.2) is 11.4 Å². The van der Waals surface area contributed by atoms with Crippen molar-refractivity contribution in [2.24, 2.45) is 5.73 Å². The summed E-state index contributed by atoms with van der Waals surface area (Å²) < 4.78 is 0. The molecule has 1 aliphatic rings. The second-order valence-electron chi connectivity index (χ2n) is 2.17. The molecule has 0 aromatic rings. The maximum Gasteiger partial charge on any atom is 0.0351 e. The van der Waals surface area contributed by atoms with Crippen LogP contribution in [0.15, 0.2) is 0 Å². The lowest BCUT2D eigenvalue weighted by Crippen LogP contribution is -2.14. The van der Waals surface area contributed by atoms with Gasteiger partial charge in [-0.2, -0.15) is 0 Å². The summed E-state index contributed by atoms with van der Waals surface area (Å²) in [5, 5.41) is 0.370. The van der Waals surface area contributed by atoms with Crippen LogP contribution in [0.25, 0.3) is 0 Å². The Kier molecular flexibility index (Phi) is 1.55. The normalized spacial score (nSPS) is 42.0. The van der Waals surface area contributed by atoms with E-state index in [2.05, 4.69) is 0 Å². The first-order valence-electron chi connectivity index (χ1n) is 2.68. The van der Waals surface area contributed by atoms with E-state index in [1.807, 2.05) is 0 Å². The molecule has 0 radical (unpaired) electrons. The van der Waals surface area contributed by atoms with Gasteiger partial charge in [0.15, 0.2) is 0 Å². The molecular weight excluding hydrogens is 110 g/mol. The summed E-state index contributed by atoms with van der Waals surface area (Å²) in [6, 6.07) is 0.391. The largest absolute Gasteiger partial charge is 0.328 e. The fraction of sp³-hybridized carbons (Fsp3) is 1.00. The Balaban J connectivity index is 2.26. The predicted octanol–water partition coefficient (Wildman–Crippen LogP) is 1.10. The maximum atomic E-state index is 5.73. The Morgan fingerprint density at radius 3 is 2.29 bits per heavy atom. The zero-order valence-electron chi connectivity index (χ0n) is 4.23. The standard InChI is InChI=1S/C5H10ClN/c6-4-1-2-5(7)3-4/h4-5H,1-3,7H2/t4-,5+/m0/s1. The molecule has 7 heavy (non-hydrogen) atoms. The van der Waals surface area contributed by atoms with E-state index in [1.165, 1.54) is 0 Å². The summed E-state index contributed by atoms with van der Waals surface area (Å²) in [6.45, 7) is 0. The van der Waals surface area contributed by atoms with Crippen molar-refractivity contribution in [2.75, 3.05) is 0 Å². The van der Waals surface area contributed by atoms with Gasteiger partial charge in [-0.3, -0.25) is 0 Å². The molecule has 0 spiro atoms. The predicted molar refractivity (Wildman–Crippen MR) is 31.5 cm³/mol. The number of hydrogen-bond acceptors (Lipinski definition) is 1. The number of rotatable bonds is 0. The topological polar surface area (TPSA) is 26.0 Å². The monoisotopic (exact) mass is 119 g/mol. The van der Waals surface area contributed by atoms with E-state index < -0.39 is 0 Å². The average Bonchev–Trinajstić information content (AvgIpc) is 1.87. The Morgan fingerprint density at radius 1 is 1.43 bits per heavy atom. The van der Waals surface area contributed by atoms with Gasteiger partial charge in [0.25, 0.3) is 0 Å². The van der Waals surface area contributed by atoms with Crippen LogP contribution in [0.3, 0.4) is 0 Å². The lowest BCUT2D eigenvalue weighted by atomic mass is 10.3. The van der Waals surface area contributed by atoms with Crippen molar-refractivity contribution in [3.63, 3.8) is 0 Å². The molecule has 0 aliphatic heterocycles. The van der Waals surface area contributed by atoms with Crippen LogP contribution in [-0.2, 0) is 0 Å². The van der Waals surface area contributed by atoms with Crippen molar-refractivity contribution in [1.29, 1.82) is 0 Å². The molecule has 1 saturated carbocycles. The molecule has 1 nitrogen and oxygen atoms in total. The molecule has 2 N–H and O–H groups in total. The van der Waals surface area contributed by atoms with Gasteiger partial charge >= 0.3 is 0 Å².